The lowest BCUT2D eigenvalue weighted by molar-refractivity contribution is -0.146. The van der Waals surface area contributed by atoms with Gasteiger partial charge in [-0.05, 0) is 6.08 Å². The van der Waals surface area contributed by atoms with Crippen LogP contribution in [-0.2, 0) is 9.47 Å². The van der Waals surface area contributed by atoms with E-state index in [-0.39, 0.29) is 17.7 Å². The monoisotopic (exact) mass is 417 g/mol. The van der Waals surface area contributed by atoms with E-state index in [2.05, 4.69) is 25.8 Å². The largest absolute Gasteiger partial charge is 0.412 e. The Morgan fingerprint density at radius 1 is 1.00 bits per heavy atom. The van der Waals surface area contributed by atoms with Crippen LogP contribution in [0.3, 0.4) is 0 Å². The molecule has 12 heteroatoms. The second-order valence-electron chi connectivity index (χ2n) is 7.22. The van der Waals surface area contributed by atoms with Crippen LogP contribution in [0.2, 0.25) is 0 Å². The third-order valence-corrected chi connectivity index (χ3v) is 5.30. The fourth-order valence-corrected chi connectivity index (χ4v) is 3.76. The van der Waals surface area contributed by atoms with Gasteiger partial charge in [0.25, 0.3) is 0 Å². The van der Waals surface area contributed by atoms with Gasteiger partial charge in [0.05, 0.1) is 32.2 Å². The van der Waals surface area contributed by atoms with Crippen LogP contribution in [0.5, 0.6) is 0 Å². The molecule has 0 aromatic heterocycles. The summed E-state index contributed by atoms with van der Waals surface area (Å²) in [5.74, 6) is 0.546. The minimum Gasteiger partial charge on any atom is -0.386 e. The van der Waals surface area contributed by atoms with Gasteiger partial charge in [0.1, 0.15) is 18.5 Å². The zero-order valence-electron chi connectivity index (χ0n) is 15.9. The molecule has 0 bridgehead atoms. The van der Waals surface area contributed by atoms with Crippen LogP contribution in [-0.4, -0.2) is 93.0 Å². The molecule has 0 saturated carbocycles. The Labute approximate surface area is 166 Å². The van der Waals surface area contributed by atoms with E-state index >= 15 is 0 Å². The summed E-state index contributed by atoms with van der Waals surface area (Å²) < 4.78 is 51.9. The number of nitrogens with two attached hydrogens (primary N) is 1. The number of ether oxygens (including phenoxy) is 2. The number of nitrogens with zero attached hydrogens (tertiary/aromatic N) is 3. The van der Waals surface area contributed by atoms with Gasteiger partial charge in [-0.1, -0.05) is 6.08 Å². The molecule has 0 amide bonds. The van der Waals surface area contributed by atoms with Gasteiger partial charge in [-0.2, -0.15) is 13.2 Å². The molecular formula is C17H26F3N7O2. The lowest BCUT2D eigenvalue weighted by atomic mass is 10.00. The van der Waals surface area contributed by atoms with E-state index in [0.717, 1.165) is 0 Å². The van der Waals surface area contributed by atoms with Crippen LogP contribution in [0.25, 0.3) is 0 Å². The lowest BCUT2D eigenvalue weighted by Gasteiger charge is -2.44. The number of morpholine rings is 2. The predicted octanol–water partition coefficient (Wildman–Crippen LogP) is -0.930. The molecule has 0 spiro atoms. The molecule has 4 rings (SSSR count). The van der Waals surface area contributed by atoms with Crippen molar-refractivity contribution in [2.45, 2.75) is 24.7 Å². The number of allylic oxidation sites excluding steroid dienone is 2. The van der Waals surface area contributed by atoms with Crippen LogP contribution in [0.15, 0.2) is 28.5 Å². The maximum Gasteiger partial charge on any atom is 0.412 e. The molecule has 3 atom stereocenters. The maximum absolute atomic E-state index is 13.7. The maximum atomic E-state index is 13.7. The molecule has 3 unspecified atom stereocenters. The Kier molecular flexibility index (Phi) is 5.86. The first-order valence-electron chi connectivity index (χ1n) is 9.67. The average molecular weight is 417 g/mol. The Balaban J connectivity index is 1.63. The van der Waals surface area contributed by atoms with Crippen LogP contribution < -0.4 is 21.7 Å². The summed E-state index contributed by atoms with van der Waals surface area (Å²) in [6, 6.07) is -1.90. The van der Waals surface area contributed by atoms with E-state index in [4.69, 9.17) is 15.2 Å². The van der Waals surface area contributed by atoms with Crippen molar-refractivity contribution in [2.24, 2.45) is 10.7 Å². The normalized spacial score (nSPS) is 31.9. The van der Waals surface area contributed by atoms with Gasteiger partial charge in [0.15, 0.2) is 5.96 Å². The van der Waals surface area contributed by atoms with Crippen molar-refractivity contribution >= 4 is 5.96 Å². The van der Waals surface area contributed by atoms with Gasteiger partial charge in [-0.15, -0.1) is 0 Å². The van der Waals surface area contributed by atoms with Gasteiger partial charge in [0, 0.05) is 31.8 Å². The summed E-state index contributed by atoms with van der Waals surface area (Å²) in [7, 11) is 0. The number of hydrogen-bond acceptors (Lipinski definition) is 9. The number of guanidine groups is 1. The minimum atomic E-state index is -4.50. The highest BCUT2D eigenvalue weighted by atomic mass is 19.4. The van der Waals surface area contributed by atoms with Crippen molar-refractivity contribution in [3.8, 4) is 0 Å². The van der Waals surface area contributed by atoms with Gasteiger partial charge in [-0.3, -0.25) is 10.2 Å². The average Bonchev–Trinajstić information content (AvgIpc) is 2.74. The standard InChI is InChI=1S/C17H26F3N7O2/c18-17(19,20)13-11(1-2-12(21)22-13)14-23-15(26-3-7-28-8-4-26)25-16(24-14)27-5-9-29-10-6-27/h1-2,13-15,22-23H,3-10,21H2,(H,24,25). The second kappa shape index (κ2) is 8.38. The fourth-order valence-electron chi connectivity index (χ4n) is 3.76. The highest BCUT2D eigenvalue weighted by Gasteiger charge is 2.46. The molecular weight excluding hydrogens is 391 g/mol. The lowest BCUT2D eigenvalue weighted by Crippen LogP contribution is -2.68. The van der Waals surface area contributed by atoms with Crippen molar-refractivity contribution in [2.75, 3.05) is 52.6 Å². The Hall–Kier alpha value is -2.02. The smallest absolute Gasteiger partial charge is 0.386 e. The van der Waals surface area contributed by atoms with E-state index in [9.17, 15) is 13.2 Å². The molecule has 29 heavy (non-hydrogen) atoms. The van der Waals surface area contributed by atoms with Gasteiger partial charge < -0.3 is 30.7 Å². The van der Waals surface area contributed by atoms with E-state index < -0.39 is 18.4 Å². The fraction of sp³-hybridized carbons (Fsp3) is 0.706. The zero-order valence-corrected chi connectivity index (χ0v) is 15.9. The molecule has 0 aromatic rings. The molecule has 5 N–H and O–H groups in total. The van der Waals surface area contributed by atoms with Gasteiger partial charge >= 0.3 is 6.18 Å². The van der Waals surface area contributed by atoms with Gasteiger partial charge in [0.2, 0.25) is 0 Å². The zero-order chi connectivity index (χ0) is 20.4. The first-order valence-corrected chi connectivity index (χ1v) is 9.67. The van der Waals surface area contributed by atoms with Crippen LogP contribution in [0.1, 0.15) is 0 Å². The Bertz CT molecular complexity index is 685. The molecule has 2 saturated heterocycles. The molecule has 4 heterocycles. The summed E-state index contributed by atoms with van der Waals surface area (Å²) in [5, 5.41) is 8.89. The SMILES string of the molecule is NC1=CC=C(C2N=C(N3CCOCC3)NC(N3CCOCC3)N2)C(C(F)(F)F)N1. The van der Waals surface area contributed by atoms with Gasteiger partial charge in [-0.25, -0.2) is 4.99 Å². The summed E-state index contributed by atoms with van der Waals surface area (Å²) in [4.78, 5) is 8.71. The van der Waals surface area contributed by atoms with Crippen molar-refractivity contribution in [1.29, 1.82) is 0 Å². The second-order valence-corrected chi connectivity index (χ2v) is 7.22. The number of halogens is 3. The number of aliphatic imine (C=N–C) groups is 1. The number of dihydropyridines is 1. The van der Waals surface area contributed by atoms with Crippen molar-refractivity contribution < 1.29 is 22.6 Å². The number of alkyl halides is 3. The molecule has 0 radical (unpaired) electrons. The topological polar surface area (TPSA) is 99.4 Å². The molecule has 4 aliphatic rings. The number of hydrogen-bond donors (Lipinski definition) is 4. The summed E-state index contributed by atoms with van der Waals surface area (Å²) in [5.41, 5.74) is 5.68. The summed E-state index contributed by atoms with van der Waals surface area (Å²) in [6.45, 7) is 4.83. The number of rotatable bonds is 2. The van der Waals surface area contributed by atoms with E-state index in [1.807, 2.05) is 4.90 Å². The highest BCUT2D eigenvalue weighted by Crippen LogP contribution is 2.30. The first kappa shape index (κ1) is 20.3. The van der Waals surface area contributed by atoms with Crippen LogP contribution >= 0.6 is 0 Å². The number of nitrogens with one attached hydrogen (secondary N) is 3. The van der Waals surface area contributed by atoms with Crippen molar-refractivity contribution in [3.05, 3.63) is 23.5 Å². The van der Waals surface area contributed by atoms with Crippen molar-refractivity contribution in [1.82, 2.24) is 25.8 Å². The minimum absolute atomic E-state index is 0.0212. The van der Waals surface area contributed by atoms with E-state index in [1.165, 1.54) is 12.2 Å². The first-order chi connectivity index (χ1) is 13.9. The molecule has 9 nitrogen and oxygen atoms in total. The molecule has 0 aromatic carbocycles. The third-order valence-electron chi connectivity index (χ3n) is 5.30. The van der Waals surface area contributed by atoms with Crippen LogP contribution in [0.4, 0.5) is 13.2 Å². The predicted molar refractivity (Wildman–Crippen MR) is 99.4 cm³/mol. The van der Waals surface area contributed by atoms with E-state index in [1.54, 1.807) is 0 Å². The Morgan fingerprint density at radius 2 is 1.66 bits per heavy atom. The third kappa shape index (κ3) is 4.60. The molecule has 2 fully saturated rings. The molecule has 162 valence electrons. The summed E-state index contributed by atoms with van der Waals surface area (Å²) >= 11 is 0. The molecule has 4 aliphatic heterocycles. The quantitative estimate of drug-likeness (QED) is 0.458. The highest BCUT2D eigenvalue weighted by molar-refractivity contribution is 5.81. The van der Waals surface area contributed by atoms with E-state index in [0.29, 0.717) is 58.6 Å². The van der Waals surface area contributed by atoms with Crippen LogP contribution in [0, 0.1) is 0 Å². The summed E-state index contributed by atoms with van der Waals surface area (Å²) in [6.07, 6.45) is -2.87. The Morgan fingerprint density at radius 3 is 2.31 bits per heavy atom. The molecule has 0 aliphatic carbocycles. The van der Waals surface area contributed by atoms with Crippen molar-refractivity contribution in [3.63, 3.8) is 0 Å².